The van der Waals surface area contributed by atoms with Gasteiger partial charge in [-0.2, -0.15) is 0 Å². The predicted octanol–water partition coefficient (Wildman–Crippen LogP) is -0.254. The Kier molecular flexibility index (Phi) is 2.11. The molecule has 2 N–H and O–H groups in total. The van der Waals surface area contributed by atoms with Crippen molar-refractivity contribution >= 4 is 0 Å². The summed E-state index contributed by atoms with van der Waals surface area (Å²) in [5.74, 6) is 0.714. The minimum absolute atomic E-state index is 0.154. The first-order valence-corrected chi connectivity index (χ1v) is 4.36. The van der Waals surface area contributed by atoms with Crippen LogP contribution in [0, 0.1) is 5.92 Å². The quantitative estimate of drug-likeness (QED) is 0.593. The molecule has 0 aromatic carbocycles. The third-order valence-electron chi connectivity index (χ3n) is 2.72. The summed E-state index contributed by atoms with van der Waals surface area (Å²) < 4.78 is 5.50. The minimum Gasteiger partial charge on any atom is -0.394 e. The van der Waals surface area contributed by atoms with E-state index in [1.54, 1.807) is 0 Å². The van der Waals surface area contributed by atoms with Gasteiger partial charge in [0.25, 0.3) is 0 Å². The van der Waals surface area contributed by atoms with Crippen LogP contribution in [0.25, 0.3) is 0 Å². The fourth-order valence-electron chi connectivity index (χ4n) is 2.19. The van der Waals surface area contributed by atoms with E-state index in [4.69, 9.17) is 9.84 Å². The molecule has 1 aliphatic carbocycles. The lowest BCUT2D eigenvalue weighted by Gasteiger charge is -2.22. The molecule has 3 nitrogen and oxygen atoms in total. The summed E-state index contributed by atoms with van der Waals surface area (Å²) in [4.78, 5) is 0. The number of ether oxygens (including phenoxy) is 1. The SMILES string of the molecule is OCCO[C@H]1C[C@H]2C[C@H]1CN2. The summed E-state index contributed by atoms with van der Waals surface area (Å²) in [5, 5.41) is 12.0. The van der Waals surface area contributed by atoms with Crippen molar-refractivity contribution in [3.05, 3.63) is 0 Å². The third kappa shape index (κ3) is 1.41. The molecule has 1 heterocycles. The van der Waals surface area contributed by atoms with E-state index in [2.05, 4.69) is 5.32 Å². The van der Waals surface area contributed by atoms with Gasteiger partial charge in [0.15, 0.2) is 0 Å². The average molecular weight is 157 g/mol. The van der Waals surface area contributed by atoms with Crippen LogP contribution in [0.15, 0.2) is 0 Å². The van der Waals surface area contributed by atoms with Crippen LogP contribution in [0.4, 0.5) is 0 Å². The fraction of sp³-hybridized carbons (Fsp3) is 1.00. The van der Waals surface area contributed by atoms with E-state index in [0.29, 0.717) is 24.7 Å². The summed E-state index contributed by atoms with van der Waals surface area (Å²) in [7, 11) is 0. The van der Waals surface area contributed by atoms with Gasteiger partial charge in [-0.15, -0.1) is 0 Å². The molecule has 2 aliphatic rings. The zero-order valence-corrected chi connectivity index (χ0v) is 6.62. The maximum atomic E-state index is 8.56. The summed E-state index contributed by atoms with van der Waals surface area (Å²) in [6.45, 7) is 1.77. The van der Waals surface area contributed by atoms with Crippen molar-refractivity contribution in [1.29, 1.82) is 0 Å². The van der Waals surface area contributed by atoms with Gasteiger partial charge in [0, 0.05) is 12.6 Å². The molecule has 11 heavy (non-hydrogen) atoms. The number of fused-ring (bicyclic) bond motifs is 2. The Hall–Kier alpha value is -0.120. The highest BCUT2D eigenvalue weighted by molar-refractivity contribution is 4.95. The highest BCUT2D eigenvalue weighted by Gasteiger charge is 2.39. The van der Waals surface area contributed by atoms with Crippen molar-refractivity contribution in [2.45, 2.75) is 25.0 Å². The van der Waals surface area contributed by atoms with E-state index >= 15 is 0 Å². The molecule has 0 aromatic rings. The van der Waals surface area contributed by atoms with Gasteiger partial charge < -0.3 is 15.2 Å². The first kappa shape index (κ1) is 7.53. The summed E-state index contributed by atoms with van der Waals surface area (Å²) >= 11 is 0. The third-order valence-corrected chi connectivity index (χ3v) is 2.72. The highest BCUT2D eigenvalue weighted by atomic mass is 16.5. The largest absolute Gasteiger partial charge is 0.394 e. The van der Waals surface area contributed by atoms with Crippen molar-refractivity contribution in [1.82, 2.24) is 5.32 Å². The van der Waals surface area contributed by atoms with E-state index in [-0.39, 0.29) is 6.61 Å². The fourth-order valence-corrected chi connectivity index (χ4v) is 2.19. The molecule has 0 radical (unpaired) electrons. The van der Waals surface area contributed by atoms with E-state index in [1.807, 2.05) is 0 Å². The number of piperidine rings is 1. The number of hydrogen-bond acceptors (Lipinski definition) is 3. The van der Waals surface area contributed by atoms with Gasteiger partial charge in [-0.25, -0.2) is 0 Å². The number of hydrogen-bond donors (Lipinski definition) is 2. The number of rotatable bonds is 3. The molecule has 2 rings (SSSR count). The maximum Gasteiger partial charge on any atom is 0.0701 e. The standard InChI is InChI=1S/C8H15NO2/c10-1-2-11-8-4-7-3-6(8)5-9-7/h6-10H,1-5H2/t6-,7+,8-/m0/s1. The normalized spacial score (nSPS) is 41.7. The Bertz CT molecular complexity index is 140. The van der Waals surface area contributed by atoms with Crippen LogP contribution in [0.1, 0.15) is 12.8 Å². The molecular formula is C8H15NO2. The van der Waals surface area contributed by atoms with E-state index in [9.17, 15) is 0 Å². The van der Waals surface area contributed by atoms with Crippen LogP contribution in [-0.2, 0) is 4.74 Å². The molecule has 64 valence electrons. The predicted molar refractivity (Wildman–Crippen MR) is 41.3 cm³/mol. The lowest BCUT2D eigenvalue weighted by molar-refractivity contribution is 0.00240. The summed E-state index contributed by atoms with van der Waals surface area (Å²) in [6, 6.07) is 0.698. The van der Waals surface area contributed by atoms with Crippen molar-refractivity contribution < 1.29 is 9.84 Å². The van der Waals surface area contributed by atoms with Crippen molar-refractivity contribution in [3.8, 4) is 0 Å². The second kappa shape index (κ2) is 3.09. The van der Waals surface area contributed by atoms with Crippen molar-refractivity contribution in [2.75, 3.05) is 19.8 Å². The van der Waals surface area contributed by atoms with Gasteiger partial charge >= 0.3 is 0 Å². The second-order valence-electron chi connectivity index (χ2n) is 3.47. The van der Waals surface area contributed by atoms with Gasteiger partial charge in [0.2, 0.25) is 0 Å². The lowest BCUT2D eigenvalue weighted by atomic mass is 10.1. The molecule has 3 heteroatoms. The minimum atomic E-state index is 0.154. The Balaban J connectivity index is 1.78. The van der Waals surface area contributed by atoms with Crippen LogP contribution < -0.4 is 5.32 Å². The molecule has 0 aromatic heterocycles. The lowest BCUT2D eigenvalue weighted by Crippen LogP contribution is -2.34. The topological polar surface area (TPSA) is 41.5 Å². The van der Waals surface area contributed by atoms with Crippen LogP contribution >= 0.6 is 0 Å². The second-order valence-corrected chi connectivity index (χ2v) is 3.47. The zero-order chi connectivity index (χ0) is 7.68. The number of aliphatic hydroxyl groups excluding tert-OH is 1. The smallest absolute Gasteiger partial charge is 0.0701 e. The number of nitrogens with one attached hydrogen (secondary N) is 1. The summed E-state index contributed by atoms with van der Waals surface area (Å²) in [5.41, 5.74) is 0. The van der Waals surface area contributed by atoms with E-state index < -0.39 is 0 Å². The summed E-state index contributed by atoms with van der Waals surface area (Å²) in [6.07, 6.45) is 2.84. The number of aliphatic hydroxyl groups is 1. The Labute approximate surface area is 66.7 Å². The first-order valence-electron chi connectivity index (χ1n) is 4.36. The molecular weight excluding hydrogens is 142 g/mol. The Morgan fingerprint density at radius 3 is 2.91 bits per heavy atom. The van der Waals surface area contributed by atoms with Gasteiger partial charge in [0.05, 0.1) is 19.3 Å². The molecule has 2 bridgehead atoms. The van der Waals surface area contributed by atoms with Crippen LogP contribution in [-0.4, -0.2) is 37.0 Å². The van der Waals surface area contributed by atoms with E-state index in [0.717, 1.165) is 13.0 Å². The molecule has 2 fully saturated rings. The molecule has 1 saturated carbocycles. The maximum absolute atomic E-state index is 8.56. The monoisotopic (exact) mass is 157 g/mol. The van der Waals surface area contributed by atoms with Gasteiger partial charge in [0.1, 0.15) is 0 Å². The van der Waals surface area contributed by atoms with Gasteiger partial charge in [-0.1, -0.05) is 0 Å². The van der Waals surface area contributed by atoms with Gasteiger partial charge in [-0.05, 0) is 18.8 Å². The molecule has 1 aliphatic heterocycles. The van der Waals surface area contributed by atoms with Crippen LogP contribution in [0.2, 0.25) is 0 Å². The molecule has 0 amide bonds. The zero-order valence-electron chi connectivity index (χ0n) is 6.62. The average Bonchev–Trinajstić information content (AvgIpc) is 2.60. The molecule has 1 saturated heterocycles. The molecule has 0 unspecified atom stereocenters. The molecule has 3 atom stereocenters. The van der Waals surface area contributed by atoms with Crippen molar-refractivity contribution in [2.24, 2.45) is 5.92 Å². The Morgan fingerprint density at radius 1 is 1.45 bits per heavy atom. The van der Waals surface area contributed by atoms with Crippen LogP contribution in [0.3, 0.4) is 0 Å². The highest BCUT2D eigenvalue weighted by Crippen LogP contribution is 2.33. The van der Waals surface area contributed by atoms with Crippen molar-refractivity contribution in [3.63, 3.8) is 0 Å². The van der Waals surface area contributed by atoms with E-state index in [1.165, 1.54) is 6.42 Å². The van der Waals surface area contributed by atoms with Crippen LogP contribution in [0.5, 0.6) is 0 Å². The van der Waals surface area contributed by atoms with Gasteiger partial charge in [-0.3, -0.25) is 0 Å². The first-order chi connectivity index (χ1) is 5.40. The Morgan fingerprint density at radius 2 is 2.36 bits per heavy atom. The molecule has 0 spiro atoms.